The third-order valence-corrected chi connectivity index (χ3v) is 4.39. The van der Waals surface area contributed by atoms with Gasteiger partial charge in [0.05, 0.1) is 17.3 Å². The summed E-state index contributed by atoms with van der Waals surface area (Å²) < 4.78 is 6.98. The molecule has 0 atom stereocenters. The van der Waals surface area contributed by atoms with Crippen LogP contribution in [0.3, 0.4) is 0 Å². The van der Waals surface area contributed by atoms with E-state index in [4.69, 9.17) is 16.3 Å². The van der Waals surface area contributed by atoms with Gasteiger partial charge in [0.25, 0.3) is 0 Å². The van der Waals surface area contributed by atoms with Crippen LogP contribution in [0.15, 0.2) is 54.9 Å². The first kappa shape index (κ1) is 18.0. The summed E-state index contributed by atoms with van der Waals surface area (Å²) in [6, 6.07) is 12.7. The third-order valence-electron chi connectivity index (χ3n) is 4.06. The monoisotopic (exact) mass is 396 g/mol. The van der Waals surface area contributed by atoms with Gasteiger partial charge in [-0.3, -0.25) is 5.10 Å². The van der Waals surface area contributed by atoms with Crippen LogP contribution in [0.2, 0.25) is 5.02 Å². The second-order valence-electron chi connectivity index (χ2n) is 6.01. The first-order valence-electron chi connectivity index (χ1n) is 8.72. The van der Waals surface area contributed by atoms with E-state index in [1.807, 2.05) is 30.3 Å². The lowest BCUT2D eigenvalue weighted by Crippen LogP contribution is -2.11. The van der Waals surface area contributed by atoms with Crippen molar-refractivity contribution in [2.24, 2.45) is 0 Å². The second kappa shape index (κ2) is 8.10. The highest BCUT2D eigenvalue weighted by Gasteiger charge is 2.13. The minimum absolute atomic E-state index is 0.277. The summed E-state index contributed by atoms with van der Waals surface area (Å²) >= 11 is 6.16. The van der Waals surface area contributed by atoms with Gasteiger partial charge < -0.3 is 10.1 Å². The molecule has 0 bridgehead atoms. The number of fused-ring (bicyclic) bond motifs is 1. The van der Waals surface area contributed by atoms with E-state index in [0.717, 1.165) is 17.0 Å². The van der Waals surface area contributed by atoms with E-state index in [0.29, 0.717) is 23.7 Å². The fourth-order valence-corrected chi connectivity index (χ4v) is 2.91. The Bertz CT molecular complexity index is 1110. The largest absolute Gasteiger partial charge is 0.461 e. The summed E-state index contributed by atoms with van der Waals surface area (Å²) in [5, 5.41) is 15.0. The summed E-state index contributed by atoms with van der Waals surface area (Å²) in [5.41, 5.74) is 2.43. The van der Waals surface area contributed by atoms with E-state index in [2.05, 4.69) is 25.6 Å². The Hall–Kier alpha value is -3.39. The summed E-state index contributed by atoms with van der Waals surface area (Å²) in [7, 11) is 0. The van der Waals surface area contributed by atoms with E-state index in [1.165, 1.54) is 0 Å². The lowest BCUT2D eigenvalue weighted by atomic mass is 10.1. The third kappa shape index (κ3) is 3.96. The van der Waals surface area contributed by atoms with Crippen molar-refractivity contribution < 1.29 is 9.53 Å². The number of hydrogen-bond acceptors (Lipinski definition) is 6. The minimum Gasteiger partial charge on any atom is -0.461 e. The number of carbonyl (C=O) groups excluding carboxylic acids is 1. The molecular formula is C19H17ClN6O2. The fraction of sp³-hybridized carbons (Fsp3) is 0.158. The Morgan fingerprint density at radius 1 is 1.25 bits per heavy atom. The van der Waals surface area contributed by atoms with E-state index < -0.39 is 5.97 Å². The molecule has 8 nitrogen and oxygen atoms in total. The zero-order valence-electron chi connectivity index (χ0n) is 14.8. The molecule has 0 aliphatic heterocycles. The molecule has 0 amide bonds. The second-order valence-corrected chi connectivity index (χ2v) is 6.42. The van der Waals surface area contributed by atoms with E-state index in [9.17, 15) is 4.79 Å². The maximum atomic E-state index is 12.2. The van der Waals surface area contributed by atoms with Gasteiger partial charge in [0.2, 0.25) is 0 Å². The Kier molecular flexibility index (Phi) is 5.20. The molecule has 4 rings (SSSR count). The molecule has 0 saturated carbocycles. The predicted molar refractivity (Wildman–Crippen MR) is 105 cm³/mol. The standard InChI is InChI=1S/C19H17ClN6O2/c20-14-5-2-1-4-13(14)15-12-16(24-23-15)19(27)28-11-3-8-21-17-6-7-18-22-9-10-26(18)25-17/h1-2,4-7,9-10,12H,3,8,11H2,(H,21,25)(H,23,24). The van der Waals surface area contributed by atoms with E-state index in [-0.39, 0.29) is 12.3 Å². The maximum Gasteiger partial charge on any atom is 0.356 e. The highest BCUT2D eigenvalue weighted by Crippen LogP contribution is 2.26. The maximum absolute atomic E-state index is 12.2. The van der Waals surface area contributed by atoms with Crippen LogP contribution in [0, 0.1) is 0 Å². The number of imidazole rings is 1. The van der Waals surface area contributed by atoms with Crippen molar-refractivity contribution in [3.05, 3.63) is 65.6 Å². The summed E-state index contributed by atoms with van der Waals surface area (Å²) in [5.74, 6) is 0.276. The molecule has 0 spiro atoms. The normalized spacial score (nSPS) is 10.9. The van der Waals surface area contributed by atoms with Crippen LogP contribution in [0.25, 0.3) is 16.9 Å². The summed E-state index contributed by atoms with van der Waals surface area (Å²) in [4.78, 5) is 16.3. The fourth-order valence-electron chi connectivity index (χ4n) is 2.67. The van der Waals surface area contributed by atoms with Crippen LogP contribution in [0.4, 0.5) is 5.82 Å². The Labute approximate surface area is 165 Å². The number of nitrogens with one attached hydrogen (secondary N) is 2. The van der Waals surface area contributed by atoms with Crippen LogP contribution in [0.5, 0.6) is 0 Å². The topological polar surface area (TPSA) is 97.2 Å². The number of carbonyl (C=O) groups is 1. The number of nitrogens with zero attached hydrogens (tertiary/aromatic N) is 4. The zero-order chi connectivity index (χ0) is 19.3. The molecule has 142 valence electrons. The van der Waals surface area contributed by atoms with Gasteiger partial charge >= 0.3 is 5.97 Å². The molecule has 3 aromatic heterocycles. The SMILES string of the molecule is O=C(OCCCNc1ccc2nccn2n1)c1cc(-c2ccccc2Cl)n[nH]1. The number of aromatic amines is 1. The van der Waals surface area contributed by atoms with E-state index in [1.54, 1.807) is 29.0 Å². The molecular weight excluding hydrogens is 380 g/mol. The molecule has 3 heterocycles. The lowest BCUT2D eigenvalue weighted by molar-refractivity contribution is 0.0497. The predicted octanol–water partition coefficient (Wildman–Crippen LogP) is 3.43. The molecule has 0 fully saturated rings. The number of esters is 1. The molecule has 0 aliphatic rings. The van der Waals surface area contributed by atoms with Crippen LogP contribution < -0.4 is 5.32 Å². The zero-order valence-corrected chi connectivity index (χ0v) is 15.6. The smallest absolute Gasteiger partial charge is 0.356 e. The number of rotatable bonds is 7. The summed E-state index contributed by atoms with van der Waals surface area (Å²) in [6.07, 6.45) is 4.11. The van der Waals surface area contributed by atoms with Crippen LogP contribution in [-0.4, -0.2) is 43.9 Å². The highest BCUT2D eigenvalue weighted by molar-refractivity contribution is 6.33. The number of halogens is 1. The quantitative estimate of drug-likeness (QED) is 0.367. The molecule has 9 heteroatoms. The van der Waals surface area contributed by atoms with Crippen molar-refractivity contribution in [3.63, 3.8) is 0 Å². The molecule has 0 unspecified atom stereocenters. The van der Waals surface area contributed by atoms with Gasteiger partial charge in [-0.05, 0) is 30.7 Å². The van der Waals surface area contributed by atoms with Crippen molar-refractivity contribution in [3.8, 4) is 11.3 Å². The average molecular weight is 397 g/mol. The average Bonchev–Trinajstić information content (AvgIpc) is 3.37. The molecule has 28 heavy (non-hydrogen) atoms. The van der Waals surface area contributed by atoms with Gasteiger partial charge in [-0.25, -0.2) is 14.3 Å². The number of ether oxygens (including phenoxy) is 1. The van der Waals surface area contributed by atoms with Crippen molar-refractivity contribution in [1.82, 2.24) is 24.8 Å². The number of hydrogen-bond donors (Lipinski definition) is 2. The van der Waals surface area contributed by atoms with Crippen LogP contribution in [-0.2, 0) is 4.74 Å². The lowest BCUT2D eigenvalue weighted by Gasteiger charge is -2.06. The number of benzene rings is 1. The molecule has 1 aromatic carbocycles. The Morgan fingerprint density at radius 2 is 2.14 bits per heavy atom. The van der Waals surface area contributed by atoms with Crippen molar-refractivity contribution in [2.75, 3.05) is 18.5 Å². The van der Waals surface area contributed by atoms with Gasteiger partial charge in [0, 0.05) is 24.5 Å². The van der Waals surface area contributed by atoms with Crippen molar-refractivity contribution in [1.29, 1.82) is 0 Å². The minimum atomic E-state index is -0.455. The van der Waals surface area contributed by atoms with Gasteiger partial charge in [-0.2, -0.15) is 5.10 Å². The first-order valence-corrected chi connectivity index (χ1v) is 9.10. The van der Waals surface area contributed by atoms with Crippen molar-refractivity contribution in [2.45, 2.75) is 6.42 Å². The molecule has 0 radical (unpaired) electrons. The Balaban J connectivity index is 1.25. The number of aromatic nitrogens is 5. The Morgan fingerprint density at radius 3 is 3.04 bits per heavy atom. The first-order chi connectivity index (χ1) is 13.7. The van der Waals surface area contributed by atoms with Crippen LogP contribution in [0.1, 0.15) is 16.9 Å². The van der Waals surface area contributed by atoms with Crippen molar-refractivity contribution >= 4 is 29.0 Å². The molecule has 4 aromatic rings. The van der Waals surface area contributed by atoms with Crippen LogP contribution >= 0.6 is 11.6 Å². The molecule has 2 N–H and O–H groups in total. The van der Waals surface area contributed by atoms with E-state index >= 15 is 0 Å². The van der Waals surface area contributed by atoms with Gasteiger partial charge in [0.15, 0.2) is 5.65 Å². The number of H-pyrrole nitrogens is 1. The summed E-state index contributed by atoms with van der Waals surface area (Å²) in [6.45, 7) is 0.897. The molecule has 0 saturated heterocycles. The van der Waals surface area contributed by atoms with Gasteiger partial charge in [-0.1, -0.05) is 29.8 Å². The highest BCUT2D eigenvalue weighted by atomic mass is 35.5. The molecule has 0 aliphatic carbocycles. The van der Waals surface area contributed by atoms with Gasteiger partial charge in [0.1, 0.15) is 11.5 Å². The number of anilines is 1. The van der Waals surface area contributed by atoms with Gasteiger partial charge in [-0.15, -0.1) is 5.10 Å².